The van der Waals surface area contributed by atoms with Crippen molar-refractivity contribution < 1.29 is 29.0 Å². The Morgan fingerprint density at radius 3 is 2.50 bits per heavy atom. The fourth-order valence-electron chi connectivity index (χ4n) is 5.27. The van der Waals surface area contributed by atoms with E-state index in [2.05, 4.69) is 15.1 Å². The average molecular weight is 503 g/mol. The molecule has 0 radical (unpaired) electrons. The van der Waals surface area contributed by atoms with Crippen LogP contribution in [0.3, 0.4) is 0 Å². The van der Waals surface area contributed by atoms with E-state index >= 15 is 0 Å². The Bertz CT molecular complexity index is 931. The highest BCUT2D eigenvalue weighted by atomic mass is 16.5. The molecule has 3 heterocycles. The molecule has 0 spiro atoms. The van der Waals surface area contributed by atoms with Crippen molar-refractivity contribution in [2.75, 3.05) is 64.5 Å². The van der Waals surface area contributed by atoms with Crippen molar-refractivity contribution in [2.24, 2.45) is 5.92 Å². The van der Waals surface area contributed by atoms with Gasteiger partial charge in [0.2, 0.25) is 5.91 Å². The monoisotopic (exact) mass is 502 g/mol. The van der Waals surface area contributed by atoms with E-state index in [0.29, 0.717) is 12.0 Å². The second-order valence-electron chi connectivity index (χ2n) is 10.3. The highest BCUT2D eigenvalue weighted by Crippen LogP contribution is 2.29. The normalized spacial score (nSPS) is 25.4. The molecule has 1 aromatic carbocycles. The second kappa shape index (κ2) is 11.7. The number of benzene rings is 1. The van der Waals surface area contributed by atoms with Crippen molar-refractivity contribution in [1.29, 1.82) is 0 Å². The minimum Gasteiger partial charge on any atom is -0.388 e. The molecule has 0 bridgehead atoms. The number of amides is 2. The van der Waals surface area contributed by atoms with Crippen LogP contribution >= 0.6 is 0 Å². The molecule has 10 heteroatoms. The number of nitrogens with one attached hydrogen (secondary N) is 1. The summed E-state index contributed by atoms with van der Waals surface area (Å²) in [5.41, 5.74) is 1.53. The number of carbonyl (C=O) groups excluding carboxylic acids is 3. The number of hydrogen-bond acceptors (Lipinski definition) is 8. The molecule has 198 valence electrons. The van der Waals surface area contributed by atoms with Gasteiger partial charge in [0.25, 0.3) is 5.91 Å². The van der Waals surface area contributed by atoms with E-state index in [9.17, 15) is 19.5 Å². The Morgan fingerprint density at radius 2 is 1.86 bits per heavy atom. The van der Waals surface area contributed by atoms with Crippen LogP contribution in [0, 0.1) is 5.92 Å². The lowest BCUT2D eigenvalue weighted by Crippen LogP contribution is -2.52. The van der Waals surface area contributed by atoms with E-state index in [4.69, 9.17) is 9.47 Å². The second-order valence-corrected chi connectivity index (χ2v) is 10.3. The Hall–Kier alpha value is -2.53. The molecule has 3 fully saturated rings. The van der Waals surface area contributed by atoms with E-state index in [-0.39, 0.29) is 36.7 Å². The van der Waals surface area contributed by atoms with Crippen molar-refractivity contribution in [3.63, 3.8) is 0 Å². The molecule has 3 aliphatic heterocycles. The summed E-state index contributed by atoms with van der Waals surface area (Å²) in [6.07, 6.45) is -1.17. The number of anilines is 1. The summed E-state index contributed by atoms with van der Waals surface area (Å²) in [4.78, 5) is 44.9. The third kappa shape index (κ3) is 5.88. The minimum absolute atomic E-state index is 0.0256. The number of nitrogens with zero attached hydrogens (tertiary/aromatic N) is 3. The van der Waals surface area contributed by atoms with Gasteiger partial charge in [-0.3, -0.25) is 19.3 Å². The molecule has 0 aromatic heterocycles. The molecule has 1 aromatic rings. The van der Waals surface area contributed by atoms with Gasteiger partial charge in [0.15, 0.2) is 5.78 Å². The molecule has 0 aliphatic carbocycles. The number of β-amino-alcohol motifs (C(OH)–C–C–N with tert-alkyl or cyclic N) is 1. The number of fused-ring (bicyclic) bond motifs is 1. The van der Waals surface area contributed by atoms with Crippen LogP contribution in [0.1, 0.15) is 30.6 Å². The average Bonchev–Trinajstić information content (AvgIpc) is 3.42. The summed E-state index contributed by atoms with van der Waals surface area (Å²) in [6, 6.07) is 5.86. The zero-order valence-corrected chi connectivity index (χ0v) is 21.4. The van der Waals surface area contributed by atoms with Gasteiger partial charge in [-0.2, -0.15) is 0 Å². The summed E-state index contributed by atoms with van der Waals surface area (Å²) < 4.78 is 10.5. The van der Waals surface area contributed by atoms with Gasteiger partial charge >= 0.3 is 0 Å². The number of hydrogen-bond donors (Lipinski definition) is 2. The van der Waals surface area contributed by atoms with Crippen LogP contribution in [-0.2, 0) is 19.1 Å². The molecular weight excluding hydrogens is 464 g/mol. The number of Topliss-reactive ketones (excluding diaryl/α,β-unsaturated/α-hetero) is 1. The van der Waals surface area contributed by atoms with Gasteiger partial charge in [-0.15, -0.1) is 0 Å². The quantitative estimate of drug-likeness (QED) is 0.491. The molecule has 2 N–H and O–H groups in total. The molecule has 0 saturated carbocycles. The first-order chi connectivity index (χ1) is 17.3. The number of aliphatic hydroxyl groups is 1. The van der Waals surface area contributed by atoms with E-state index in [0.717, 1.165) is 45.0 Å². The summed E-state index contributed by atoms with van der Waals surface area (Å²) in [5, 5.41) is 13.2. The Kier molecular flexibility index (Phi) is 8.61. The van der Waals surface area contributed by atoms with Crippen molar-refractivity contribution in [3.8, 4) is 0 Å². The number of rotatable bonds is 9. The number of aliphatic hydroxyl groups excluding tert-OH is 1. The summed E-state index contributed by atoms with van der Waals surface area (Å²) in [5.74, 6) is -0.765. The molecule has 3 aliphatic rings. The van der Waals surface area contributed by atoms with Gasteiger partial charge in [-0.1, -0.05) is 13.8 Å². The smallest absolute Gasteiger partial charge is 0.251 e. The van der Waals surface area contributed by atoms with Crippen LogP contribution in [0.25, 0.3) is 0 Å². The Labute approximate surface area is 212 Å². The Balaban J connectivity index is 1.38. The van der Waals surface area contributed by atoms with Gasteiger partial charge in [-0.25, -0.2) is 0 Å². The van der Waals surface area contributed by atoms with Crippen molar-refractivity contribution in [3.05, 3.63) is 29.8 Å². The fourth-order valence-corrected chi connectivity index (χ4v) is 5.27. The van der Waals surface area contributed by atoms with Gasteiger partial charge in [0.1, 0.15) is 30.9 Å². The van der Waals surface area contributed by atoms with E-state index < -0.39 is 24.3 Å². The number of carbonyl (C=O) groups is 3. The number of likely N-dealkylation sites (tertiary alicyclic amines) is 1. The number of methoxy groups -OCH3 is 1. The number of ether oxygens (including phenoxy) is 2. The lowest BCUT2D eigenvalue weighted by molar-refractivity contribution is -0.138. The first-order valence-electron chi connectivity index (χ1n) is 12.8. The number of piperazine rings is 1. The largest absolute Gasteiger partial charge is 0.388 e. The fraction of sp³-hybridized carbons (Fsp3) is 0.654. The van der Waals surface area contributed by atoms with Crippen LogP contribution in [0.5, 0.6) is 0 Å². The Morgan fingerprint density at radius 1 is 1.17 bits per heavy atom. The summed E-state index contributed by atoms with van der Waals surface area (Å²) >= 11 is 0. The standard InChI is InChI=1S/C26H38N4O6/c1-17(2)14-20(26(34)30-15-21(31)24-23(30)22(32)16-36-24)27-25(33)18-4-6-19(7-5-18)29-10-8-28(9-11-29)12-13-35-3/h4-7,17,20-21,23-24,31H,8-16H2,1-3H3,(H,27,33)/t20?,21-,23+,24+/m0/s1. The van der Waals surface area contributed by atoms with Gasteiger partial charge in [0, 0.05) is 51.1 Å². The first-order valence-corrected chi connectivity index (χ1v) is 12.8. The zero-order valence-electron chi connectivity index (χ0n) is 21.4. The molecule has 1 unspecified atom stereocenters. The maximum absolute atomic E-state index is 13.4. The predicted molar refractivity (Wildman–Crippen MR) is 134 cm³/mol. The summed E-state index contributed by atoms with van der Waals surface area (Å²) in [6.45, 7) is 9.27. The van der Waals surface area contributed by atoms with Crippen LogP contribution in [0.15, 0.2) is 24.3 Å². The maximum Gasteiger partial charge on any atom is 0.251 e. The summed E-state index contributed by atoms with van der Waals surface area (Å²) in [7, 11) is 1.71. The lowest BCUT2D eigenvalue weighted by Gasteiger charge is -2.36. The molecule has 36 heavy (non-hydrogen) atoms. The maximum atomic E-state index is 13.4. The van der Waals surface area contributed by atoms with Crippen LogP contribution < -0.4 is 10.2 Å². The zero-order chi connectivity index (χ0) is 25.8. The molecule has 2 amide bonds. The van der Waals surface area contributed by atoms with Gasteiger partial charge in [0.05, 0.1) is 13.2 Å². The third-order valence-electron chi connectivity index (χ3n) is 7.23. The van der Waals surface area contributed by atoms with Crippen LogP contribution in [0.4, 0.5) is 5.69 Å². The van der Waals surface area contributed by atoms with Crippen molar-refractivity contribution in [2.45, 2.75) is 44.6 Å². The van der Waals surface area contributed by atoms with Crippen LogP contribution in [-0.4, -0.2) is 116 Å². The highest BCUT2D eigenvalue weighted by Gasteiger charge is 2.52. The molecule has 4 rings (SSSR count). The van der Waals surface area contributed by atoms with E-state index in [1.165, 1.54) is 4.90 Å². The van der Waals surface area contributed by atoms with Gasteiger partial charge in [-0.05, 0) is 36.6 Å². The van der Waals surface area contributed by atoms with Crippen LogP contribution in [0.2, 0.25) is 0 Å². The third-order valence-corrected chi connectivity index (χ3v) is 7.23. The molecular formula is C26H38N4O6. The van der Waals surface area contributed by atoms with E-state index in [1.54, 1.807) is 19.2 Å². The van der Waals surface area contributed by atoms with Gasteiger partial charge < -0.3 is 29.7 Å². The van der Waals surface area contributed by atoms with E-state index in [1.807, 2.05) is 26.0 Å². The predicted octanol–water partition coefficient (Wildman–Crippen LogP) is 0.139. The topological polar surface area (TPSA) is 112 Å². The lowest BCUT2D eigenvalue weighted by atomic mass is 10.0. The van der Waals surface area contributed by atoms with Crippen molar-refractivity contribution >= 4 is 23.3 Å². The SMILES string of the molecule is COCCN1CCN(c2ccc(C(=O)NC(CC(C)C)C(=O)N3C[C@H](O)[C@H]4OCC(=O)[C@H]43)cc2)CC1. The first kappa shape index (κ1) is 26.5. The molecule has 3 saturated heterocycles. The number of ketones is 1. The highest BCUT2D eigenvalue weighted by molar-refractivity contribution is 5.99. The van der Waals surface area contributed by atoms with Crippen molar-refractivity contribution in [1.82, 2.24) is 15.1 Å². The minimum atomic E-state index is -0.907. The molecule has 4 atom stereocenters. The molecule has 10 nitrogen and oxygen atoms in total.